The van der Waals surface area contributed by atoms with Crippen molar-refractivity contribution in [3.8, 4) is 0 Å². The van der Waals surface area contributed by atoms with E-state index in [2.05, 4.69) is 51.6 Å². The molecular weight excluding hydrogens is 362 g/mol. The number of benzene rings is 2. The smallest absolute Gasteiger partial charge is 0.193 e. The van der Waals surface area contributed by atoms with Crippen LogP contribution >= 0.6 is 0 Å². The minimum atomic E-state index is 0.341. The Morgan fingerprint density at radius 1 is 1.07 bits per heavy atom. The zero-order chi connectivity index (χ0) is 19.9. The van der Waals surface area contributed by atoms with Gasteiger partial charge in [0, 0.05) is 38.7 Å². The Kier molecular flexibility index (Phi) is 6.47. The first-order chi connectivity index (χ1) is 14.3. The van der Waals surface area contributed by atoms with Crippen LogP contribution < -0.4 is 5.32 Å². The molecule has 29 heavy (non-hydrogen) atoms. The van der Waals surface area contributed by atoms with Crippen LogP contribution in [0.5, 0.6) is 0 Å². The van der Waals surface area contributed by atoms with Crippen molar-refractivity contribution in [3.63, 3.8) is 0 Å². The van der Waals surface area contributed by atoms with Gasteiger partial charge in [0.05, 0.1) is 19.8 Å². The Labute approximate surface area is 173 Å². The molecule has 154 valence electrons. The van der Waals surface area contributed by atoms with Crippen LogP contribution in [0.3, 0.4) is 0 Å². The van der Waals surface area contributed by atoms with Crippen LogP contribution in [0.15, 0.2) is 59.6 Å². The van der Waals surface area contributed by atoms with E-state index in [1.54, 1.807) is 0 Å². The fourth-order valence-corrected chi connectivity index (χ4v) is 4.29. The van der Waals surface area contributed by atoms with E-state index in [4.69, 9.17) is 9.47 Å². The molecule has 1 unspecified atom stereocenters. The van der Waals surface area contributed by atoms with Crippen molar-refractivity contribution in [1.82, 2.24) is 10.2 Å². The third-order valence-electron chi connectivity index (χ3n) is 5.96. The first-order valence-electron chi connectivity index (χ1n) is 10.5. The standard InChI is InChI=1S/C24H31N3O2/c1-25-23(27-12-10-24(18-27)11-13-28-19-24)26-15-21-8-5-9-22(14-21)17-29-16-20-6-3-2-4-7-20/h2-9,14H,10-13,15-19H2,1H3,(H,25,26). The lowest BCUT2D eigenvalue weighted by Crippen LogP contribution is -2.41. The summed E-state index contributed by atoms with van der Waals surface area (Å²) in [4.78, 5) is 6.89. The average molecular weight is 394 g/mol. The molecule has 1 N–H and O–H groups in total. The topological polar surface area (TPSA) is 46.1 Å². The highest BCUT2D eigenvalue weighted by molar-refractivity contribution is 5.80. The molecule has 5 heteroatoms. The molecule has 1 atom stereocenters. The number of rotatable bonds is 6. The summed E-state index contributed by atoms with van der Waals surface area (Å²) in [6, 6.07) is 18.9. The van der Waals surface area contributed by atoms with E-state index in [1.165, 1.54) is 29.5 Å². The normalized spacial score (nSPS) is 21.8. The zero-order valence-electron chi connectivity index (χ0n) is 17.3. The summed E-state index contributed by atoms with van der Waals surface area (Å²) in [5.41, 5.74) is 3.97. The van der Waals surface area contributed by atoms with E-state index in [-0.39, 0.29) is 0 Å². The first-order valence-corrected chi connectivity index (χ1v) is 10.5. The van der Waals surface area contributed by atoms with Crippen LogP contribution in [0.1, 0.15) is 29.5 Å². The minimum absolute atomic E-state index is 0.341. The summed E-state index contributed by atoms with van der Waals surface area (Å²) in [6.07, 6.45) is 2.37. The molecule has 2 aromatic carbocycles. The summed E-state index contributed by atoms with van der Waals surface area (Å²) in [7, 11) is 1.87. The molecule has 0 bridgehead atoms. The van der Waals surface area contributed by atoms with Crippen LogP contribution in [-0.2, 0) is 29.2 Å². The molecule has 0 aliphatic carbocycles. The second-order valence-corrected chi connectivity index (χ2v) is 8.17. The number of nitrogens with one attached hydrogen (secondary N) is 1. The van der Waals surface area contributed by atoms with Gasteiger partial charge in [-0.2, -0.15) is 0 Å². The second-order valence-electron chi connectivity index (χ2n) is 8.17. The number of likely N-dealkylation sites (tertiary alicyclic amines) is 1. The highest BCUT2D eigenvalue weighted by Gasteiger charge is 2.42. The van der Waals surface area contributed by atoms with Gasteiger partial charge in [-0.15, -0.1) is 0 Å². The monoisotopic (exact) mass is 393 g/mol. The fourth-order valence-electron chi connectivity index (χ4n) is 4.29. The lowest BCUT2D eigenvalue weighted by atomic mass is 9.87. The van der Waals surface area contributed by atoms with E-state index < -0.39 is 0 Å². The molecule has 0 amide bonds. The molecule has 5 nitrogen and oxygen atoms in total. The van der Waals surface area contributed by atoms with Gasteiger partial charge < -0.3 is 19.7 Å². The molecule has 2 aliphatic rings. The number of hydrogen-bond donors (Lipinski definition) is 1. The third kappa shape index (κ3) is 5.17. The maximum absolute atomic E-state index is 5.88. The molecule has 0 radical (unpaired) electrons. The SMILES string of the molecule is CN=C(NCc1cccc(COCc2ccccc2)c1)N1CCC2(CCOC2)C1. The highest BCUT2D eigenvalue weighted by atomic mass is 16.5. The van der Waals surface area contributed by atoms with Gasteiger partial charge in [0.15, 0.2) is 5.96 Å². The summed E-state index contributed by atoms with van der Waals surface area (Å²) < 4.78 is 11.5. The number of aliphatic imine (C=N–C) groups is 1. The summed E-state index contributed by atoms with van der Waals surface area (Å²) in [5.74, 6) is 0.986. The average Bonchev–Trinajstić information content (AvgIpc) is 3.40. The van der Waals surface area contributed by atoms with Crippen LogP contribution in [0.4, 0.5) is 0 Å². The van der Waals surface area contributed by atoms with Crippen molar-refractivity contribution in [2.75, 3.05) is 33.4 Å². The van der Waals surface area contributed by atoms with Crippen molar-refractivity contribution in [2.45, 2.75) is 32.6 Å². The van der Waals surface area contributed by atoms with Gasteiger partial charge >= 0.3 is 0 Å². The van der Waals surface area contributed by atoms with E-state index >= 15 is 0 Å². The van der Waals surface area contributed by atoms with Crippen LogP contribution in [0, 0.1) is 5.41 Å². The molecule has 0 saturated carbocycles. The lowest BCUT2D eigenvalue weighted by molar-refractivity contribution is 0.107. The van der Waals surface area contributed by atoms with Crippen LogP contribution in [0.25, 0.3) is 0 Å². The number of guanidine groups is 1. The van der Waals surface area contributed by atoms with Gasteiger partial charge in [-0.05, 0) is 29.5 Å². The second kappa shape index (κ2) is 9.42. The lowest BCUT2D eigenvalue weighted by Gasteiger charge is -2.25. The summed E-state index contributed by atoms with van der Waals surface area (Å²) in [6.45, 7) is 5.91. The van der Waals surface area contributed by atoms with Gasteiger partial charge in [-0.25, -0.2) is 0 Å². The van der Waals surface area contributed by atoms with Crippen molar-refractivity contribution < 1.29 is 9.47 Å². The fraction of sp³-hybridized carbons (Fsp3) is 0.458. The maximum atomic E-state index is 5.88. The van der Waals surface area contributed by atoms with Crippen LogP contribution in [-0.4, -0.2) is 44.2 Å². The van der Waals surface area contributed by atoms with Gasteiger partial charge in [0.1, 0.15) is 0 Å². The first kappa shape index (κ1) is 19.9. The summed E-state index contributed by atoms with van der Waals surface area (Å²) in [5, 5.41) is 3.54. The largest absolute Gasteiger partial charge is 0.381 e. The van der Waals surface area contributed by atoms with Gasteiger partial charge in [-0.1, -0.05) is 54.6 Å². The Hall–Kier alpha value is -2.37. The van der Waals surface area contributed by atoms with Crippen molar-refractivity contribution >= 4 is 5.96 Å². The third-order valence-corrected chi connectivity index (χ3v) is 5.96. The Balaban J connectivity index is 1.27. The zero-order valence-corrected chi connectivity index (χ0v) is 17.3. The Bertz CT molecular complexity index is 816. The minimum Gasteiger partial charge on any atom is -0.381 e. The molecule has 2 heterocycles. The predicted octanol–water partition coefficient (Wildman–Crippen LogP) is 3.59. The van der Waals surface area contributed by atoms with E-state index in [0.29, 0.717) is 18.6 Å². The quantitative estimate of drug-likeness (QED) is 0.602. The maximum Gasteiger partial charge on any atom is 0.193 e. The molecule has 0 aromatic heterocycles. The van der Waals surface area contributed by atoms with Gasteiger partial charge in [-0.3, -0.25) is 4.99 Å². The summed E-state index contributed by atoms with van der Waals surface area (Å²) >= 11 is 0. The van der Waals surface area contributed by atoms with Crippen molar-refractivity contribution in [1.29, 1.82) is 0 Å². The molecule has 2 aliphatic heterocycles. The van der Waals surface area contributed by atoms with Crippen LogP contribution in [0.2, 0.25) is 0 Å². The number of hydrogen-bond acceptors (Lipinski definition) is 3. The molecule has 1 spiro atoms. The number of nitrogens with zero attached hydrogens (tertiary/aromatic N) is 2. The number of ether oxygens (including phenoxy) is 2. The Morgan fingerprint density at radius 2 is 1.86 bits per heavy atom. The molecule has 4 rings (SSSR count). The van der Waals surface area contributed by atoms with Gasteiger partial charge in [0.2, 0.25) is 0 Å². The van der Waals surface area contributed by atoms with Gasteiger partial charge in [0.25, 0.3) is 0 Å². The van der Waals surface area contributed by atoms with E-state index in [0.717, 1.165) is 38.8 Å². The van der Waals surface area contributed by atoms with Crippen molar-refractivity contribution in [2.24, 2.45) is 10.4 Å². The molecule has 2 fully saturated rings. The Morgan fingerprint density at radius 3 is 2.66 bits per heavy atom. The van der Waals surface area contributed by atoms with E-state index in [9.17, 15) is 0 Å². The predicted molar refractivity (Wildman–Crippen MR) is 116 cm³/mol. The highest BCUT2D eigenvalue weighted by Crippen LogP contribution is 2.38. The van der Waals surface area contributed by atoms with E-state index in [1.807, 2.05) is 25.2 Å². The van der Waals surface area contributed by atoms with Crippen molar-refractivity contribution in [3.05, 3.63) is 71.3 Å². The molecule has 2 saturated heterocycles. The molecular formula is C24H31N3O2. The molecule has 2 aromatic rings.